The topological polar surface area (TPSA) is 96.2 Å². The van der Waals surface area contributed by atoms with Crippen LogP contribution in [0.5, 0.6) is 11.5 Å². The second-order valence-corrected chi connectivity index (χ2v) is 9.06. The summed E-state index contributed by atoms with van der Waals surface area (Å²) in [7, 11) is 3.26. The number of nitrogens with one attached hydrogen (secondary N) is 1. The summed E-state index contributed by atoms with van der Waals surface area (Å²) in [6, 6.07) is 5.66. The van der Waals surface area contributed by atoms with Gasteiger partial charge in [0.2, 0.25) is 5.95 Å². The molecule has 0 aliphatic carbocycles. The quantitative estimate of drug-likeness (QED) is 0.458. The highest BCUT2D eigenvalue weighted by Gasteiger charge is 2.31. The van der Waals surface area contributed by atoms with E-state index in [4.69, 9.17) is 25.8 Å². The summed E-state index contributed by atoms with van der Waals surface area (Å²) in [6.45, 7) is 5.38. The minimum atomic E-state index is 0.0847. The number of nitrogens with zero attached hydrogens (tertiary/aromatic N) is 5. The van der Waals surface area contributed by atoms with E-state index in [1.807, 2.05) is 22.8 Å². The molecule has 1 fully saturated rings. The Morgan fingerprint density at radius 3 is 2.34 bits per heavy atom. The van der Waals surface area contributed by atoms with Gasteiger partial charge >= 0.3 is 0 Å². The molecule has 0 bridgehead atoms. The van der Waals surface area contributed by atoms with Crippen LogP contribution in [0, 0.1) is 0 Å². The van der Waals surface area contributed by atoms with Gasteiger partial charge in [-0.05, 0) is 24.1 Å². The van der Waals surface area contributed by atoms with Crippen molar-refractivity contribution in [1.29, 1.82) is 0 Å². The molecule has 1 aliphatic heterocycles. The van der Waals surface area contributed by atoms with Crippen LogP contribution >= 0.6 is 23.5 Å². The number of hydrogen-bond donors (Lipinski definition) is 1. The number of benzene rings is 1. The van der Waals surface area contributed by atoms with Gasteiger partial charge in [-0.1, -0.05) is 31.5 Å². The molecule has 3 aromatic rings. The van der Waals surface area contributed by atoms with E-state index in [0.717, 1.165) is 17.3 Å². The number of para-hydroxylation sites is 1. The fourth-order valence-electron chi connectivity index (χ4n) is 3.30. The van der Waals surface area contributed by atoms with Crippen LogP contribution in [-0.2, 0) is 4.74 Å². The van der Waals surface area contributed by atoms with Crippen molar-refractivity contribution >= 4 is 29.5 Å². The van der Waals surface area contributed by atoms with Crippen LogP contribution in [0.25, 0.3) is 5.69 Å². The van der Waals surface area contributed by atoms with Crippen molar-refractivity contribution in [3.05, 3.63) is 47.3 Å². The van der Waals surface area contributed by atoms with Crippen LogP contribution in [0.4, 0.5) is 5.95 Å². The van der Waals surface area contributed by atoms with Gasteiger partial charge in [0.05, 0.1) is 38.4 Å². The standard InChI is InChI=1S/C21H25ClN6O3S/c1-12(19-23-8-15(22)9-24-19)13(2)32-27-21-26-25-20(14-10-31-11-14)28(21)18-16(29-3)6-5-7-17(18)30-4/h5-9,12-14H,10-11H2,1-4H3,(H,26,27). The van der Waals surface area contributed by atoms with Gasteiger partial charge in [0.1, 0.15) is 28.8 Å². The molecular formula is C21H25ClN6O3S. The minimum Gasteiger partial charge on any atom is -0.494 e. The second kappa shape index (κ2) is 9.93. The fourth-order valence-corrected chi connectivity index (χ4v) is 4.15. The first-order valence-corrected chi connectivity index (χ1v) is 11.4. The molecule has 1 N–H and O–H groups in total. The Bertz CT molecular complexity index is 1040. The van der Waals surface area contributed by atoms with Gasteiger partial charge in [-0.15, -0.1) is 10.2 Å². The summed E-state index contributed by atoms with van der Waals surface area (Å²) < 4.78 is 22.0. The Labute approximate surface area is 196 Å². The maximum absolute atomic E-state index is 5.92. The zero-order valence-electron chi connectivity index (χ0n) is 18.3. The van der Waals surface area contributed by atoms with Gasteiger partial charge in [-0.3, -0.25) is 9.29 Å². The van der Waals surface area contributed by atoms with E-state index in [-0.39, 0.29) is 17.1 Å². The number of anilines is 1. The molecule has 1 aromatic carbocycles. The summed E-state index contributed by atoms with van der Waals surface area (Å²) in [5.41, 5.74) is 0.745. The van der Waals surface area contributed by atoms with Crippen LogP contribution in [0.2, 0.25) is 5.02 Å². The molecule has 2 unspecified atom stereocenters. The predicted molar refractivity (Wildman–Crippen MR) is 124 cm³/mol. The molecule has 0 spiro atoms. The van der Waals surface area contributed by atoms with Crippen LogP contribution in [0.1, 0.15) is 37.3 Å². The number of aromatic nitrogens is 5. The monoisotopic (exact) mass is 476 g/mol. The third-order valence-corrected chi connectivity index (χ3v) is 6.68. The molecule has 11 heteroatoms. The third-order valence-electron chi connectivity index (χ3n) is 5.40. The van der Waals surface area contributed by atoms with Gasteiger partial charge < -0.3 is 14.2 Å². The van der Waals surface area contributed by atoms with Crippen LogP contribution < -0.4 is 14.2 Å². The highest BCUT2D eigenvalue weighted by molar-refractivity contribution is 8.01. The van der Waals surface area contributed by atoms with Gasteiger partial charge in [0.15, 0.2) is 0 Å². The molecule has 4 rings (SSSR count). The lowest BCUT2D eigenvalue weighted by atomic mass is 10.1. The number of ether oxygens (including phenoxy) is 3. The molecule has 0 amide bonds. The fraction of sp³-hybridized carbons (Fsp3) is 0.429. The maximum Gasteiger partial charge on any atom is 0.239 e. The van der Waals surface area contributed by atoms with Gasteiger partial charge in [0.25, 0.3) is 0 Å². The average Bonchev–Trinajstić information content (AvgIpc) is 3.18. The van der Waals surface area contributed by atoms with Gasteiger partial charge in [-0.2, -0.15) is 0 Å². The van der Waals surface area contributed by atoms with Crippen molar-refractivity contribution in [1.82, 2.24) is 24.7 Å². The van der Waals surface area contributed by atoms with E-state index >= 15 is 0 Å². The van der Waals surface area contributed by atoms with Crippen molar-refractivity contribution in [3.63, 3.8) is 0 Å². The second-order valence-electron chi connectivity index (χ2n) is 7.44. The first-order chi connectivity index (χ1) is 15.5. The predicted octanol–water partition coefficient (Wildman–Crippen LogP) is 4.09. The third kappa shape index (κ3) is 4.48. The molecule has 2 atom stereocenters. The molecule has 1 saturated heterocycles. The normalized spacial score (nSPS) is 15.7. The van der Waals surface area contributed by atoms with Crippen molar-refractivity contribution in [2.24, 2.45) is 0 Å². The summed E-state index contributed by atoms with van der Waals surface area (Å²) in [6.07, 6.45) is 3.23. The van der Waals surface area contributed by atoms with Crippen molar-refractivity contribution in [2.75, 3.05) is 32.2 Å². The first kappa shape index (κ1) is 22.6. The van der Waals surface area contributed by atoms with E-state index in [2.05, 4.69) is 38.7 Å². The lowest BCUT2D eigenvalue weighted by Crippen LogP contribution is -2.28. The van der Waals surface area contributed by atoms with Crippen molar-refractivity contribution < 1.29 is 14.2 Å². The van der Waals surface area contributed by atoms with Crippen LogP contribution in [-0.4, -0.2) is 57.4 Å². The van der Waals surface area contributed by atoms with E-state index in [1.165, 1.54) is 11.9 Å². The maximum atomic E-state index is 5.92. The smallest absolute Gasteiger partial charge is 0.239 e. The number of halogens is 1. The van der Waals surface area contributed by atoms with E-state index in [0.29, 0.717) is 35.7 Å². The number of rotatable bonds is 9. The summed E-state index contributed by atoms with van der Waals surface area (Å²) >= 11 is 7.44. The Morgan fingerprint density at radius 2 is 1.78 bits per heavy atom. The molecular weight excluding hydrogens is 452 g/mol. The Hall–Kier alpha value is -2.56. The largest absolute Gasteiger partial charge is 0.494 e. The molecule has 0 saturated carbocycles. The zero-order valence-corrected chi connectivity index (χ0v) is 19.9. The van der Waals surface area contributed by atoms with Crippen molar-refractivity contribution in [3.8, 4) is 17.2 Å². The molecule has 3 heterocycles. The highest BCUT2D eigenvalue weighted by atomic mass is 35.5. The zero-order chi connectivity index (χ0) is 22.7. The van der Waals surface area contributed by atoms with Crippen LogP contribution in [0.15, 0.2) is 30.6 Å². The number of methoxy groups -OCH3 is 2. The highest BCUT2D eigenvalue weighted by Crippen LogP contribution is 2.38. The lowest BCUT2D eigenvalue weighted by molar-refractivity contribution is 0.00415. The summed E-state index contributed by atoms with van der Waals surface area (Å²) in [4.78, 5) is 8.69. The lowest BCUT2D eigenvalue weighted by Gasteiger charge is -2.27. The summed E-state index contributed by atoms with van der Waals surface area (Å²) in [5, 5.41) is 9.54. The molecule has 32 heavy (non-hydrogen) atoms. The van der Waals surface area contributed by atoms with E-state index in [9.17, 15) is 0 Å². The molecule has 1 aliphatic rings. The van der Waals surface area contributed by atoms with Crippen LogP contribution in [0.3, 0.4) is 0 Å². The van der Waals surface area contributed by atoms with Gasteiger partial charge in [-0.25, -0.2) is 9.97 Å². The molecule has 0 radical (unpaired) electrons. The van der Waals surface area contributed by atoms with E-state index in [1.54, 1.807) is 26.6 Å². The van der Waals surface area contributed by atoms with Gasteiger partial charge in [0, 0.05) is 23.6 Å². The molecule has 9 nitrogen and oxygen atoms in total. The minimum absolute atomic E-state index is 0.0847. The Kier molecular flexibility index (Phi) is 7.02. The first-order valence-electron chi connectivity index (χ1n) is 10.2. The van der Waals surface area contributed by atoms with Crippen molar-refractivity contribution in [2.45, 2.75) is 30.9 Å². The molecule has 2 aromatic heterocycles. The Balaban J connectivity index is 1.63. The summed E-state index contributed by atoms with van der Waals surface area (Å²) in [5.74, 6) is 3.67. The molecule has 170 valence electrons. The number of hydrogen-bond acceptors (Lipinski definition) is 9. The SMILES string of the molecule is COc1cccc(OC)c1-n1c(NSC(C)C(C)c2ncc(Cl)cn2)nnc1C1COC1. The van der Waals surface area contributed by atoms with E-state index < -0.39 is 0 Å². The average molecular weight is 477 g/mol. The Morgan fingerprint density at radius 1 is 1.12 bits per heavy atom.